The van der Waals surface area contributed by atoms with Crippen LogP contribution in [-0.2, 0) is 14.4 Å². The number of carbonyl (C=O) groups is 3. The molecule has 3 N–H and O–H groups in total. The van der Waals surface area contributed by atoms with E-state index in [9.17, 15) is 19.5 Å². The Labute approximate surface area is 109 Å². The van der Waals surface area contributed by atoms with E-state index in [0.717, 1.165) is 6.42 Å². The molecule has 102 valence electrons. The predicted octanol–water partition coefficient (Wildman–Crippen LogP) is -1.34. The van der Waals surface area contributed by atoms with Crippen LogP contribution >= 0.6 is 0 Å². The SMILES string of the molecule is CC(=O)NCC1=C(C(=O)O)N2C(=O)[C@H]3NCCC1[C@H]32. The molecule has 3 aliphatic heterocycles. The normalized spacial score (nSPS) is 31.9. The van der Waals surface area contributed by atoms with E-state index in [1.807, 2.05) is 0 Å². The van der Waals surface area contributed by atoms with Crippen molar-refractivity contribution in [3.8, 4) is 0 Å². The minimum atomic E-state index is -1.10. The second kappa shape index (κ2) is 4.06. The van der Waals surface area contributed by atoms with Gasteiger partial charge < -0.3 is 15.7 Å². The zero-order valence-electron chi connectivity index (χ0n) is 10.5. The maximum absolute atomic E-state index is 11.9. The Hall–Kier alpha value is -1.89. The molecule has 2 fully saturated rings. The number of carboxylic acids is 1. The molecule has 3 rings (SSSR count). The van der Waals surface area contributed by atoms with Gasteiger partial charge in [0.2, 0.25) is 11.8 Å². The van der Waals surface area contributed by atoms with Crippen molar-refractivity contribution in [1.82, 2.24) is 15.5 Å². The van der Waals surface area contributed by atoms with Gasteiger partial charge in [0, 0.05) is 19.4 Å². The Balaban J connectivity index is 1.95. The van der Waals surface area contributed by atoms with Crippen molar-refractivity contribution in [3.63, 3.8) is 0 Å². The van der Waals surface area contributed by atoms with Crippen LogP contribution in [0.15, 0.2) is 11.3 Å². The van der Waals surface area contributed by atoms with E-state index in [1.54, 1.807) is 0 Å². The summed E-state index contributed by atoms with van der Waals surface area (Å²) in [6, 6.07) is -0.348. The molecule has 0 aromatic carbocycles. The molecule has 0 bridgehead atoms. The van der Waals surface area contributed by atoms with E-state index in [-0.39, 0.29) is 42.1 Å². The first-order chi connectivity index (χ1) is 9.02. The Morgan fingerprint density at radius 3 is 2.89 bits per heavy atom. The van der Waals surface area contributed by atoms with Crippen LogP contribution in [0.2, 0.25) is 0 Å². The summed E-state index contributed by atoms with van der Waals surface area (Å²) in [7, 11) is 0. The molecule has 3 atom stereocenters. The lowest BCUT2D eigenvalue weighted by atomic mass is 9.79. The number of nitrogens with zero attached hydrogens (tertiary/aromatic N) is 1. The minimum Gasteiger partial charge on any atom is -0.477 e. The minimum absolute atomic E-state index is 0.0434. The van der Waals surface area contributed by atoms with Crippen molar-refractivity contribution in [1.29, 1.82) is 0 Å². The zero-order chi connectivity index (χ0) is 13.7. The van der Waals surface area contributed by atoms with Crippen LogP contribution < -0.4 is 10.6 Å². The van der Waals surface area contributed by atoms with Gasteiger partial charge in [-0.05, 0) is 18.5 Å². The van der Waals surface area contributed by atoms with Gasteiger partial charge in [-0.25, -0.2) is 4.79 Å². The quantitative estimate of drug-likeness (QED) is 0.549. The van der Waals surface area contributed by atoms with E-state index < -0.39 is 5.97 Å². The van der Waals surface area contributed by atoms with Crippen LogP contribution in [0, 0.1) is 5.92 Å². The summed E-state index contributed by atoms with van der Waals surface area (Å²) in [5, 5.41) is 15.1. The van der Waals surface area contributed by atoms with Crippen molar-refractivity contribution in [2.75, 3.05) is 13.1 Å². The maximum Gasteiger partial charge on any atom is 0.352 e. The van der Waals surface area contributed by atoms with E-state index in [0.29, 0.717) is 12.1 Å². The fourth-order valence-corrected chi connectivity index (χ4v) is 3.34. The molecule has 3 aliphatic rings. The Morgan fingerprint density at radius 2 is 2.26 bits per heavy atom. The van der Waals surface area contributed by atoms with Gasteiger partial charge in [-0.15, -0.1) is 0 Å². The molecule has 7 heteroatoms. The van der Waals surface area contributed by atoms with Crippen LogP contribution in [0.4, 0.5) is 0 Å². The third-order valence-electron chi connectivity index (χ3n) is 4.10. The molecule has 19 heavy (non-hydrogen) atoms. The van der Waals surface area contributed by atoms with Crippen LogP contribution in [-0.4, -0.2) is 53.0 Å². The van der Waals surface area contributed by atoms with Crippen molar-refractivity contribution in [3.05, 3.63) is 11.3 Å². The first-order valence-electron chi connectivity index (χ1n) is 6.29. The summed E-state index contributed by atoms with van der Waals surface area (Å²) in [5.41, 5.74) is 0.735. The van der Waals surface area contributed by atoms with Crippen LogP contribution in [0.25, 0.3) is 0 Å². The molecule has 0 aromatic heterocycles. The Bertz CT molecular complexity index is 513. The van der Waals surface area contributed by atoms with Crippen molar-refractivity contribution < 1.29 is 19.5 Å². The molecule has 0 spiro atoms. The van der Waals surface area contributed by atoms with Gasteiger partial charge in [0.15, 0.2) is 0 Å². The lowest BCUT2D eigenvalue weighted by molar-refractivity contribution is -0.154. The number of nitrogens with one attached hydrogen (secondary N) is 2. The molecular formula is C12H15N3O4. The highest BCUT2D eigenvalue weighted by Gasteiger charge is 2.60. The highest BCUT2D eigenvalue weighted by Crippen LogP contribution is 2.45. The number of amides is 2. The summed E-state index contributed by atoms with van der Waals surface area (Å²) >= 11 is 0. The predicted molar refractivity (Wildman–Crippen MR) is 63.9 cm³/mol. The average Bonchev–Trinajstić information content (AvgIpc) is 2.69. The van der Waals surface area contributed by atoms with Crippen molar-refractivity contribution >= 4 is 17.8 Å². The van der Waals surface area contributed by atoms with E-state index in [1.165, 1.54) is 11.8 Å². The highest BCUT2D eigenvalue weighted by atomic mass is 16.4. The summed E-state index contributed by atoms with van der Waals surface area (Å²) in [6.07, 6.45) is 0.788. The molecular weight excluding hydrogens is 250 g/mol. The van der Waals surface area contributed by atoms with Gasteiger partial charge >= 0.3 is 5.97 Å². The molecule has 0 radical (unpaired) electrons. The molecule has 2 amide bonds. The zero-order valence-corrected chi connectivity index (χ0v) is 10.5. The van der Waals surface area contributed by atoms with Gasteiger partial charge in [-0.3, -0.25) is 14.5 Å². The number of rotatable bonds is 3. The highest BCUT2D eigenvalue weighted by molar-refractivity contribution is 6.01. The second-order valence-electron chi connectivity index (χ2n) is 5.11. The van der Waals surface area contributed by atoms with Crippen LogP contribution in [0.1, 0.15) is 13.3 Å². The molecule has 3 heterocycles. The first-order valence-corrected chi connectivity index (χ1v) is 6.29. The number of aliphatic carboxylic acids is 1. The number of hydrogen-bond acceptors (Lipinski definition) is 4. The summed E-state index contributed by atoms with van der Waals surface area (Å²) < 4.78 is 0. The van der Waals surface area contributed by atoms with Gasteiger partial charge in [-0.2, -0.15) is 0 Å². The van der Waals surface area contributed by atoms with Crippen LogP contribution in [0.5, 0.6) is 0 Å². The summed E-state index contributed by atoms with van der Waals surface area (Å²) in [6.45, 7) is 2.29. The van der Waals surface area contributed by atoms with Gasteiger partial charge in [0.05, 0.1) is 6.04 Å². The smallest absolute Gasteiger partial charge is 0.352 e. The fraction of sp³-hybridized carbons (Fsp3) is 0.583. The van der Waals surface area contributed by atoms with Gasteiger partial charge in [-0.1, -0.05) is 0 Å². The first kappa shape index (κ1) is 12.2. The average molecular weight is 265 g/mol. The van der Waals surface area contributed by atoms with Gasteiger partial charge in [0.1, 0.15) is 11.7 Å². The number of piperidine rings is 1. The van der Waals surface area contributed by atoms with Crippen molar-refractivity contribution in [2.24, 2.45) is 5.92 Å². The number of carbonyl (C=O) groups excluding carboxylic acids is 2. The molecule has 7 nitrogen and oxygen atoms in total. The third kappa shape index (κ3) is 1.58. The van der Waals surface area contributed by atoms with Gasteiger partial charge in [0.25, 0.3) is 0 Å². The van der Waals surface area contributed by atoms with E-state index >= 15 is 0 Å². The van der Waals surface area contributed by atoms with E-state index in [2.05, 4.69) is 10.6 Å². The second-order valence-corrected chi connectivity index (χ2v) is 5.11. The molecule has 0 aliphatic carbocycles. The standard InChI is InChI=1S/C12H15N3O4/c1-5(16)14-4-7-6-2-3-13-8-9(6)15(11(8)17)10(7)12(18)19/h6,8-9,13H,2-4H2,1H3,(H,14,16)(H,18,19)/t6?,8-,9+/m0/s1. The monoisotopic (exact) mass is 265 g/mol. The van der Waals surface area contributed by atoms with Crippen LogP contribution in [0.3, 0.4) is 0 Å². The summed E-state index contributed by atoms with van der Waals surface area (Å²) in [5.74, 6) is -1.43. The lowest BCUT2D eigenvalue weighted by Gasteiger charge is -2.48. The summed E-state index contributed by atoms with van der Waals surface area (Å²) in [4.78, 5) is 35.7. The lowest BCUT2D eigenvalue weighted by Crippen LogP contribution is -2.72. The largest absolute Gasteiger partial charge is 0.477 e. The molecule has 0 saturated carbocycles. The number of hydrogen-bond donors (Lipinski definition) is 3. The Morgan fingerprint density at radius 1 is 1.53 bits per heavy atom. The number of β-lactam (4-membered cyclic amide) rings is 1. The third-order valence-corrected chi connectivity index (χ3v) is 4.10. The maximum atomic E-state index is 11.9. The topological polar surface area (TPSA) is 98.7 Å². The van der Waals surface area contributed by atoms with E-state index in [4.69, 9.17) is 0 Å². The Kier molecular flexibility index (Phi) is 2.60. The van der Waals surface area contributed by atoms with Crippen molar-refractivity contribution in [2.45, 2.75) is 25.4 Å². The number of carboxylic acid groups (broad SMARTS) is 1. The molecule has 2 saturated heterocycles. The molecule has 1 unspecified atom stereocenters. The fourth-order valence-electron chi connectivity index (χ4n) is 3.34. The molecule has 0 aromatic rings.